The lowest BCUT2D eigenvalue weighted by Gasteiger charge is -2.22. The molecule has 7 heteroatoms. The van der Waals surface area contributed by atoms with Crippen LogP contribution in [0.2, 0.25) is 0 Å². The van der Waals surface area contributed by atoms with Crippen LogP contribution in [0.4, 0.5) is 0 Å². The van der Waals surface area contributed by atoms with Crippen LogP contribution < -0.4 is 14.8 Å². The zero-order valence-corrected chi connectivity index (χ0v) is 17.0. The minimum atomic E-state index is 0.547. The molecule has 0 spiro atoms. The second-order valence-electron chi connectivity index (χ2n) is 6.58. The molecule has 1 heterocycles. The fourth-order valence-electron chi connectivity index (χ4n) is 3.24. The Labute approximate surface area is 162 Å². The van der Waals surface area contributed by atoms with Crippen molar-refractivity contribution in [1.29, 1.82) is 0 Å². The molecule has 7 nitrogen and oxygen atoms in total. The lowest BCUT2D eigenvalue weighted by molar-refractivity contribution is 0.0536. The summed E-state index contributed by atoms with van der Waals surface area (Å²) in [6.45, 7) is 4.88. The highest BCUT2D eigenvalue weighted by atomic mass is 16.5. The summed E-state index contributed by atoms with van der Waals surface area (Å²) in [5.41, 5.74) is 1.20. The van der Waals surface area contributed by atoms with Crippen molar-refractivity contribution in [3.05, 3.63) is 23.8 Å². The average molecular weight is 380 g/mol. The van der Waals surface area contributed by atoms with Crippen molar-refractivity contribution < 1.29 is 18.9 Å². The number of guanidine groups is 1. The van der Waals surface area contributed by atoms with E-state index in [4.69, 9.17) is 18.9 Å². The smallest absolute Gasteiger partial charge is 0.193 e. The van der Waals surface area contributed by atoms with E-state index in [-0.39, 0.29) is 0 Å². The molecule has 1 aromatic carbocycles. The summed E-state index contributed by atoms with van der Waals surface area (Å²) >= 11 is 0. The van der Waals surface area contributed by atoms with Crippen molar-refractivity contribution in [2.75, 3.05) is 67.8 Å². The Morgan fingerprint density at radius 3 is 2.70 bits per heavy atom. The summed E-state index contributed by atoms with van der Waals surface area (Å²) in [6, 6.07) is 6.03. The number of nitrogens with one attached hydrogen (secondary N) is 1. The lowest BCUT2D eigenvalue weighted by atomic mass is 10.1. The molecule has 1 N–H and O–H groups in total. The SMILES string of the molecule is CN=C(NCCc1ccc(OC)c(OC)c1)N1CCC(COCCOC)C1. The number of aliphatic imine (C=N–C) groups is 1. The van der Waals surface area contributed by atoms with E-state index in [0.29, 0.717) is 19.1 Å². The summed E-state index contributed by atoms with van der Waals surface area (Å²) < 4.78 is 21.3. The molecule has 0 amide bonds. The normalized spacial score (nSPS) is 17.3. The van der Waals surface area contributed by atoms with E-state index in [1.165, 1.54) is 5.56 Å². The first kappa shape index (κ1) is 21.3. The Hall–Kier alpha value is -1.99. The van der Waals surface area contributed by atoms with Crippen LogP contribution in [-0.2, 0) is 15.9 Å². The third kappa shape index (κ3) is 6.59. The van der Waals surface area contributed by atoms with Gasteiger partial charge in [0.05, 0.1) is 34.0 Å². The van der Waals surface area contributed by atoms with Crippen LogP contribution >= 0.6 is 0 Å². The molecule has 1 saturated heterocycles. The molecule has 1 aliphatic rings. The quantitative estimate of drug-likeness (QED) is 0.380. The third-order valence-electron chi connectivity index (χ3n) is 4.73. The molecule has 152 valence electrons. The van der Waals surface area contributed by atoms with Crippen molar-refractivity contribution in [3.63, 3.8) is 0 Å². The van der Waals surface area contributed by atoms with Crippen LogP contribution in [0.15, 0.2) is 23.2 Å². The van der Waals surface area contributed by atoms with Crippen LogP contribution in [-0.4, -0.2) is 78.7 Å². The van der Waals surface area contributed by atoms with Gasteiger partial charge >= 0.3 is 0 Å². The molecule has 0 aromatic heterocycles. The van der Waals surface area contributed by atoms with E-state index in [1.54, 1.807) is 21.3 Å². The standard InChI is InChI=1S/C20H33N3O4/c1-21-20(23-10-8-17(14-23)15-27-12-11-24-2)22-9-7-16-5-6-18(25-3)19(13-16)26-4/h5-6,13,17H,7-12,14-15H2,1-4H3,(H,21,22). The van der Waals surface area contributed by atoms with Gasteiger partial charge in [-0.2, -0.15) is 0 Å². The maximum absolute atomic E-state index is 5.67. The highest BCUT2D eigenvalue weighted by Crippen LogP contribution is 2.27. The molecule has 0 radical (unpaired) electrons. The molecular weight excluding hydrogens is 346 g/mol. The van der Waals surface area contributed by atoms with Crippen LogP contribution in [0.25, 0.3) is 0 Å². The fraction of sp³-hybridized carbons (Fsp3) is 0.650. The van der Waals surface area contributed by atoms with Gasteiger partial charge in [0.25, 0.3) is 0 Å². The Morgan fingerprint density at radius 1 is 1.19 bits per heavy atom. The van der Waals surface area contributed by atoms with Gasteiger partial charge in [-0.15, -0.1) is 0 Å². The predicted octanol–water partition coefficient (Wildman–Crippen LogP) is 1.81. The Balaban J connectivity index is 1.76. The highest BCUT2D eigenvalue weighted by Gasteiger charge is 2.24. The van der Waals surface area contributed by atoms with Crippen LogP contribution in [0.3, 0.4) is 0 Å². The van der Waals surface area contributed by atoms with Crippen LogP contribution in [0, 0.1) is 5.92 Å². The topological polar surface area (TPSA) is 64.6 Å². The molecule has 1 atom stereocenters. The van der Waals surface area contributed by atoms with Gasteiger partial charge in [0.1, 0.15) is 0 Å². The number of hydrogen-bond acceptors (Lipinski definition) is 5. The number of rotatable bonds is 10. The van der Waals surface area contributed by atoms with E-state index < -0.39 is 0 Å². The average Bonchev–Trinajstić information content (AvgIpc) is 3.17. The van der Waals surface area contributed by atoms with E-state index in [0.717, 1.165) is 56.5 Å². The Kier molecular flexibility index (Phi) is 9.21. The Morgan fingerprint density at radius 2 is 2.00 bits per heavy atom. The summed E-state index contributed by atoms with van der Waals surface area (Å²) in [7, 11) is 6.83. The minimum absolute atomic E-state index is 0.547. The van der Waals surface area contributed by atoms with Gasteiger partial charge in [-0.25, -0.2) is 0 Å². The first-order valence-electron chi connectivity index (χ1n) is 9.45. The molecule has 27 heavy (non-hydrogen) atoms. The number of ether oxygens (including phenoxy) is 4. The van der Waals surface area contributed by atoms with Crippen LogP contribution in [0.1, 0.15) is 12.0 Å². The van der Waals surface area contributed by atoms with Gasteiger partial charge in [0.2, 0.25) is 0 Å². The zero-order chi connectivity index (χ0) is 19.5. The van der Waals surface area contributed by atoms with Crippen molar-refractivity contribution in [2.24, 2.45) is 10.9 Å². The van der Waals surface area contributed by atoms with Gasteiger partial charge < -0.3 is 29.2 Å². The first-order chi connectivity index (χ1) is 13.2. The number of benzene rings is 1. The third-order valence-corrected chi connectivity index (χ3v) is 4.73. The Bertz CT molecular complexity index is 595. The summed E-state index contributed by atoms with van der Waals surface area (Å²) in [6.07, 6.45) is 2.01. The first-order valence-corrected chi connectivity index (χ1v) is 9.45. The molecule has 2 rings (SSSR count). The number of hydrogen-bond donors (Lipinski definition) is 1. The summed E-state index contributed by atoms with van der Waals surface area (Å²) in [4.78, 5) is 6.74. The monoisotopic (exact) mass is 379 g/mol. The van der Waals surface area contributed by atoms with Crippen molar-refractivity contribution in [1.82, 2.24) is 10.2 Å². The van der Waals surface area contributed by atoms with Crippen molar-refractivity contribution >= 4 is 5.96 Å². The van der Waals surface area contributed by atoms with Crippen molar-refractivity contribution in [2.45, 2.75) is 12.8 Å². The molecule has 1 unspecified atom stereocenters. The van der Waals surface area contributed by atoms with E-state index >= 15 is 0 Å². The van der Waals surface area contributed by atoms with Gasteiger partial charge in [0.15, 0.2) is 17.5 Å². The molecule has 0 bridgehead atoms. The molecule has 0 saturated carbocycles. The maximum Gasteiger partial charge on any atom is 0.193 e. The largest absolute Gasteiger partial charge is 0.493 e. The molecule has 1 aliphatic heterocycles. The van der Waals surface area contributed by atoms with E-state index in [9.17, 15) is 0 Å². The molecule has 0 aliphatic carbocycles. The molecule has 1 fully saturated rings. The number of methoxy groups -OCH3 is 3. The predicted molar refractivity (Wildman–Crippen MR) is 107 cm³/mol. The maximum atomic E-state index is 5.67. The van der Waals surface area contributed by atoms with Crippen molar-refractivity contribution in [3.8, 4) is 11.5 Å². The summed E-state index contributed by atoms with van der Waals surface area (Å²) in [5, 5.41) is 3.47. The second kappa shape index (κ2) is 11.7. The highest BCUT2D eigenvalue weighted by molar-refractivity contribution is 5.80. The number of nitrogens with zero attached hydrogens (tertiary/aromatic N) is 2. The summed E-state index contributed by atoms with van der Waals surface area (Å²) in [5.74, 6) is 3.01. The van der Waals surface area contributed by atoms with E-state index in [1.807, 2.05) is 19.2 Å². The molecular formula is C20H33N3O4. The van der Waals surface area contributed by atoms with Gasteiger partial charge in [-0.05, 0) is 30.5 Å². The molecule has 1 aromatic rings. The fourth-order valence-corrected chi connectivity index (χ4v) is 3.24. The van der Waals surface area contributed by atoms with Gasteiger partial charge in [0, 0.05) is 39.7 Å². The minimum Gasteiger partial charge on any atom is -0.493 e. The van der Waals surface area contributed by atoms with E-state index in [2.05, 4.69) is 21.3 Å². The second-order valence-corrected chi connectivity index (χ2v) is 6.58. The number of likely N-dealkylation sites (tertiary alicyclic amines) is 1. The zero-order valence-electron chi connectivity index (χ0n) is 17.0. The van der Waals surface area contributed by atoms with Gasteiger partial charge in [-0.1, -0.05) is 6.07 Å². The van der Waals surface area contributed by atoms with Crippen LogP contribution in [0.5, 0.6) is 11.5 Å². The lowest BCUT2D eigenvalue weighted by Crippen LogP contribution is -2.41. The van der Waals surface area contributed by atoms with Gasteiger partial charge in [-0.3, -0.25) is 4.99 Å².